The van der Waals surface area contributed by atoms with Crippen molar-refractivity contribution in [3.05, 3.63) is 115 Å². The Labute approximate surface area is 199 Å². The van der Waals surface area contributed by atoms with Crippen LogP contribution in [0.5, 0.6) is 11.5 Å². The van der Waals surface area contributed by atoms with Crippen LogP contribution in [0.2, 0.25) is 0 Å². The molecule has 0 aliphatic rings. The Bertz CT molecular complexity index is 1240. The molecule has 0 saturated heterocycles. The molecule has 0 unspecified atom stereocenters. The van der Waals surface area contributed by atoms with E-state index < -0.39 is 26.8 Å². The van der Waals surface area contributed by atoms with Crippen molar-refractivity contribution < 1.29 is 30.9 Å². The normalized spacial score (nSPS) is 11.3. The van der Waals surface area contributed by atoms with Gasteiger partial charge in [0.05, 0.1) is 5.56 Å². The lowest BCUT2D eigenvalue weighted by Crippen LogP contribution is -2.11. The first kappa shape index (κ1) is 25.2. The molecule has 0 aromatic heterocycles. The van der Waals surface area contributed by atoms with Crippen LogP contribution in [0.25, 0.3) is 0 Å². The third kappa shape index (κ3) is 7.57. The van der Waals surface area contributed by atoms with Crippen molar-refractivity contribution >= 4 is 21.9 Å². The van der Waals surface area contributed by atoms with Crippen LogP contribution in [0.1, 0.15) is 5.56 Å². The molecule has 34 heavy (non-hydrogen) atoms. The van der Waals surface area contributed by atoms with Crippen LogP contribution in [0, 0.1) is 0 Å². The molecule has 0 amide bonds. The fourth-order valence-electron chi connectivity index (χ4n) is 2.64. The van der Waals surface area contributed by atoms with Gasteiger partial charge in [-0.3, -0.25) is 0 Å². The molecular weight excluding hydrogens is 485 g/mol. The third-order valence-electron chi connectivity index (χ3n) is 4.28. The third-order valence-corrected chi connectivity index (χ3v) is 6.66. The van der Waals surface area contributed by atoms with Crippen molar-refractivity contribution in [2.75, 3.05) is 0 Å². The largest absolute Gasteiger partial charge is 0.508 e. The summed E-state index contributed by atoms with van der Waals surface area (Å²) in [5, 5.41) is 9.07. The summed E-state index contributed by atoms with van der Waals surface area (Å²) in [6.45, 7) is 0. The summed E-state index contributed by atoms with van der Waals surface area (Å²) >= 11 is 1.28. The van der Waals surface area contributed by atoms with E-state index in [-0.39, 0.29) is 11.5 Å². The van der Waals surface area contributed by atoms with E-state index in [4.69, 9.17) is 9.29 Å². The molecular formula is C25H20F3O4S2+. The lowest BCUT2D eigenvalue weighted by molar-refractivity contribution is -0.137. The van der Waals surface area contributed by atoms with Gasteiger partial charge in [0, 0.05) is 11.8 Å². The van der Waals surface area contributed by atoms with Crippen molar-refractivity contribution in [1.82, 2.24) is 0 Å². The summed E-state index contributed by atoms with van der Waals surface area (Å²) in [7, 11) is -4.24. The first-order valence-corrected chi connectivity index (χ1v) is 12.2. The number of phenols is 1. The second kappa shape index (κ2) is 11.1. The molecule has 0 aliphatic carbocycles. The SMILES string of the molecule is O=S(=O)(Oc1ccc(O)cc1)c1ccc(C(F)(F)F)cc1.c1ccc([SH+]c2ccccc2)cc1. The highest BCUT2D eigenvalue weighted by Gasteiger charge is 2.30. The van der Waals surface area contributed by atoms with Gasteiger partial charge in [-0.1, -0.05) is 36.4 Å². The van der Waals surface area contributed by atoms with Crippen LogP contribution in [0.15, 0.2) is 124 Å². The average Bonchev–Trinajstić information content (AvgIpc) is 2.82. The molecule has 4 aromatic carbocycles. The Hall–Kier alpha value is -3.43. The molecule has 0 fully saturated rings. The fraction of sp³-hybridized carbons (Fsp3) is 0.0400. The lowest BCUT2D eigenvalue weighted by Gasteiger charge is -2.09. The van der Waals surface area contributed by atoms with Crippen molar-refractivity contribution in [3.63, 3.8) is 0 Å². The average molecular weight is 506 g/mol. The first-order chi connectivity index (χ1) is 16.1. The highest BCUT2D eigenvalue weighted by atomic mass is 32.2. The van der Waals surface area contributed by atoms with E-state index in [1.807, 2.05) is 12.1 Å². The molecule has 0 spiro atoms. The monoisotopic (exact) mass is 505 g/mol. The number of halogens is 3. The molecule has 4 nitrogen and oxygen atoms in total. The number of thiol groups is 1. The van der Waals surface area contributed by atoms with Crippen molar-refractivity contribution in [3.8, 4) is 11.5 Å². The molecule has 4 rings (SSSR count). The van der Waals surface area contributed by atoms with E-state index in [1.165, 1.54) is 45.8 Å². The molecule has 0 saturated carbocycles. The quantitative estimate of drug-likeness (QED) is 0.202. The summed E-state index contributed by atoms with van der Waals surface area (Å²) in [4.78, 5) is 2.28. The highest BCUT2D eigenvalue weighted by Crippen LogP contribution is 2.30. The van der Waals surface area contributed by atoms with Crippen molar-refractivity contribution in [2.24, 2.45) is 0 Å². The zero-order valence-corrected chi connectivity index (χ0v) is 19.3. The summed E-state index contributed by atoms with van der Waals surface area (Å²) in [5.41, 5.74) is -0.953. The highest BCUT2D eigenvalue weighted by molar-refractivity contribution is 7.87. The fourth-order valence-corrected chi connectivity index (χ4v) is 4.51. The minimum atomic E-state index is -4.54. The van der Waals surface area contributed by atoms with Gasteiger partial charge in [-0.25, -0.2) is 0 Å². The van der Waals surface area contributed by atoms with Crippen LogP contribution in [0.3, 0.4) is 0 Å². The van der Waals surface area contributed by atoms with E-state index >= 15 is 0 Å². The molecule has 0 aliphatic heterocycles. The van der Waals surface area contributed by atoms with E-state index in [1.54, 1.807) is 0 Å². The van der Waals surface area contributed by atoms with Gasteiger partial charge in [0.1, 0.15) is 16.4 Å². The lowest BCUT2D eigenvalue weighted by atomic mass is 10.2. The van der Waals surface area contributed by atoms with Gasteiger partial charge in [0.2, 0.25) is 0 Å². The van der Waals surface area contributed by atoms with Crippen LogP contribution in [-0.2, 0) is 28.1 Å². The predicted octanol–water partition coefficient (Wildman–Crippen LogP) is 6.10. The van der Waals surface area contributed by atoms with Gasteiger partial charge in [0.15, 0.2) is 9.79 Å². The number of hydrogen-bond acceptors (Lipinski definition) is 4. The summed E-state index contributed by atoms with van der Waals surface area (Å²) < 4.78 is 65.7. The topological polar surface area (TPSA) is 63.6 Å². The number of aromatic hydroxyl groups is 1. The predicted molar refractivity (Wildman–Crippen MR) is 126 cm³/mol. The van der Waals surface area contributed by atoms with E-state index in [0.717, 1.165) is 12.1 Å². The van der Waals surface area contributed by atoms with E-state index in [9.17, 15) is 21.6 Å². The molecule has 1 N–H and O–H groups in total. The Morgan fingerprint density at radius 3 is 1.59 bits per heavy atom. The van der Waals surface area contributed by atoms with Gasteiger partial charge in [-0.15, -0.1) is 0 Å². The minimum absolute atomic E-state index is 0.0623. The molecule has 0 heterocycles. The summed E-state index contributed by atoms with van der Waals surface area (Å²) in [5.74, 6) is -0.137. The Morgan fingerprint density at radius 2 is 1.15 bits per heavy atom. The zero-order valence-electron chi connectivity index (χ0n) is 17.6. The Balaban J connectivity index is 0.000000212. The summed E-state index contributed by atoms with van der Waals surface area (Å²) in [6.07, 6.45) is -4.54. The standard InChI is InChI=1S/C13H9F3O4S.C12H10S/c14-13(15,16)9-1-7-12(8-2-9)21(18,19)20-11-5-3-10(17)4-6-11;1-3-7-11(8-4-1)13-12-9-5-2-6-10-12/h1-8,17H;1-10H/p+1. The second-order valence-corrected chi connectivity index (χ2v) is 9.64. The maximum absolute atomic E-state index is 12.4. The number of benzene rings is 4. The molecule has 176 valence electrons. The minimum Gasteiger partial charge on any atom is -0.508 e. The maximum Gasteiger partial charge on any atom is 0.416 e. The summed E-state index contributed by atoms with van der Waals surface area (Å²) in [6, 6.07) is 28.8. The Kier molecular flexibility index (Phi) is 8.25. The van der Waals surface area contributed by atoms with Crippen LogP contribution in [-0.4, -0.2) is 13.5 Å². The molecule has 0 atom stereocenters. The molecule has 0 bridgehead atoms. The van der Waals surface area contributed by atoms with Gasteiger partial charge in [-0.2, -0.15) is 21.6 Å². The number of phenolic OH excluding ortho intramolecular Hbond substituents is 1. The number of rotatable bonds is 5. The molecule has 9 heteroatoms. The Morgan fingerprint density at radius 1 is 0.676 bits per heavy atom. The van der Waals surface area contributed by atoms with Crippen molar-refractivity contribution in [1.29, 1.82) is 0 Å². The van der Waals surface area contributed by atoms with Gasteiger partial charge in [-0.05, 0) is 72.8 Å². The van der Waals surface area contributed by atoms with Crippen LogP contribution >= 0.6 is 0 Å². The maximum atomic E-state index is 12.4. The van der Waals surface area contributed by atoms with Crippen LogP contribution < -0.4 is 4.18 Å². The second-order valence-electron chi connectivity index (χ2n) is 6.84. The number of hydrogen-bond donors (Lipinski definition) is 1. The first-order valence-electron chi connectivity index (χ1n) is 9.86. The van der Waals surface area contributed by atoms with E-state index in [2.05, 4.69) is 48.5 Å². The smallest absolute Gasteiger partial charge is 0.416 e. The number of alkyl halides is 3. The van der Waals surface area contributed by atoms with Crippen LogP contribution in [0.4, 0.5) is 13.2 Å². The zero-order chi connectivity index (χ0) is 24.6. The van der Waals surface area contributed by atoms with Gasteiger partial charge < -0.3 is 9.29 Å². The van der Waals surface area contributed by atoms with Gasteiger partial charge in [0.25, 0.3) is 0 Å². The molecule has 4 aromatic rings. The molecule has 0 radical (unpaired) electrons. The van der Waals surface area contributed by atoms with E-state index in [0.29, 0.717) is 12.1 Å². The van der Waals surface area contributed by atoms with Crippen molar-refractivity contribution in [2.45, 2.75) is 20.9 Å². The van der Waals surface area contributed by atoms with Gasteiger partial charge >= 0.3 is 16.3 Å².